The van der Waals surface area contributed by atoms with Gasteiger partial charge < -0.3 is 28.8 Å². The predicted molar refractivity (Wildman–Crippen MR) is 149 cm³/mol. The highest BCUT2D eigenvalue weighted by Crippen LogP contribution is 2.37. The van der Waals surface area contributed by atoms with Gasteiger partial charge in [-0.15, -0.1) is 5.73 Å². The van der Waals surface area contributed by atoms with Gasteiger partial charge in [-0.1, -0.05) is 12.2 Å². The SMILES string of the molecule is O=C(O)CCC=C=CC[C@H]1C(=O)CC(OC2CCCCO2)[C@@H]1C=CC(COc1ccc(F)cc1)OC1CCCCO1. The van der Waals surface area contributed by atoms with Gasteiger partial charge in [-0.25, -0.2) is 4.39 Å². The largest absolute Gasteiger partial charge is 0.491 e. The molecule has 0 bridgehead atoms. The molecule has 1 saturated carbocycles. The van der Waals surface area contributed by atoms with E-state index < -0.39 is 12.1 Å². The molecule has 0 aromatic heterocycles. The monoisotopic (exact) mass is 572 g/mol. The molecule has 3 aliphatic rings. The molecule has 4 rings (SSSR count). The number of allylic oxidation sites excluding steroid dienone is 1. The van der Waals surface area contributed by atoms with Crippen LogP contribution in [-0.4, -0.2) is 61.5 Å². The number of Topliss-reactive ketones (excluding diaryl/α,β-unsaturated/α-hetero) is 1. The van der Waals surface area contributed by atoms with Crippen molar-refractivity contribution in [3.63, 3.8) is 0 Å². The van der Waals surface area contributed by atoms with Crippen LogP contribution in [0.2, 0.25) is 0 Å². The topological polar surface area (TPSA) is 101 Å². The van der Waals surface area contributed by atoms with Crippen LogP contribution >= 0.6 is 0 Å². The van der Waals surface area contributed by atoms with Crippen LogP contribution in [0, 0.1) is 17.7 Å². The van der Waals surface area contributed by atoms with Crippen molar-refractivity contribution in [3.05, 3.63) is 60.1 Å². The Morgan fingerprint density at radius 3 is 2.49 bits per heavy atom. The van der Waals surface area contributed by atoms with Gasteiger partial charge in [0.15, 0.2) is 12.6 Å². The van der Waals surface area contributed by atoms with E-state index >= 15 is 0 Å². The molecule has 9 heteroatoms. The van der Waals surface area contributed by atoms with Crippen molar-refractivity contribution < 1.29 is 42.8 Å². The third-order valence-corrected chi connectivity index (χ3v) is 7.52. The number of benzene rings is 1. The van der Waals surface area contributed by atoms with Crippen LogP contribution in [0.15, 0.2) is 54.3 Å². The molecule has 8 nitrogen and oxygen atoms in total. The van der Waals surface area contributed by atoms with Gasteiger partial charge in [0.25, 0.3) is 0 Å². The van der Waals surface area contributed by atoms with Crippen LogP contribution in [0.25, 0.3) is 0 Å². The number of aliphatic carboxylic acids is 1. The fourth-order valence-electron chi connectivity index (χ4n) is 5.33. The van der Waals surface area contributed by atoms with Crippen molar-refractivity contribution in [1.29, 1.82) is 0 Å². The summed E-state index contributed by atoms with van der Waals surface area (Å²) in [5, 5.41) is 8.82. The second-order valence-corrected chi connectivity index (χ2v) is 10.7. The Balaban J connectivity index is 1.48. The maximum atomic E-state index is 13.4. The van der Waals surface area contributed by atoms with Crippen LogP contribution < -0.4 is 4.74 Å². The van der Waals surface area contributed by atoms with Crippen LogP contribution in [-0.2, 0) is 28.5 Å². The Labute approximate surface area is 241 Å². The molecule has 6 atom stereocenters. The van der Waals surface area contributed by atoms with E-state index in [1.54, 1.807) is 24.3 Å². The van der Waals surface area contributed by atoms with Gasteiger partial charge in [0.1, 0.15) is 30.1 Å². The van der Waals surface area contributed by atoms with E-state index in [9.17, 15) is 14.0 Å². The molecule has 3 fully saturated rings. The molecule has 0 radical (unpaired) electrons. The van der Waals surface area contributed by atoms with Gasteiger partial charge in [-0.05, 0) is 87.8 Å². The highest BCUT2D eigenvalue weighted by atomic mass is 19.1. The average Bonchev–Trinajstić information content (AvgIpc) is 3.27. The summed E-state index contributed by atoms with van der Waals surface area (Å²) >= 11 is 0. The summed E-state index contributed by atoms with van der Waals surface area (Å²) in [7, 11) is 0. The van der Waals surface area contributed by atoms with Crippen LogP contribution in [0.5, 0.6) is 5.75 Å². The number of carbonyl (C=O) groups is 2. The van der Waals surface area contributed by atoms with E-state index in [1.807, 2.05) is 12.2 Å². The van der Waals surface area contributed by atoms with E-state index in [0.29, 0.717) is 38.2 Å². The van der Waals surface area contributed by atoms with Crippen molar-refractivity contribution in [2.45, 2.75) is 89.0 Å². The number of halogens is 1. The minimum absolute atomic E-state index is 0.0396. The van der Waals surface area contributed by atoms with Crippen molar-refractivity contribution in [1.82, 2.24) is 0 Å². The highest BCUT2D eigenvalue weighted by Gasteiger charge is 2.42. The number of carboxylic acids is 1. The molecule has 1 N–H and O–H groups in total. The van der Waals surface area contributed by atoms with E-state index in [4.69, 9.17) is 28.8 Å². The van der Waals surface area contributed by atoms with Crippen LogP contribution in [0.1, 0.15) is 64.2 Å². The minimum atomic E-state index is -0.858. The zero-order chi connectivity index (χ0) is 28.9. The molecule has 1 aliphatic carbocycles. The van der Waals surface area contributed by atoms with Crippen molar-refractivity contribution in [2.75, 3.05) is 19.8 Å². The lowest BCUT2D eigenvalue weighted by Gasteiger charge is -2.29. The standard InChI is InChI=1S/C32H41FO8/c33-23-13-15-24(16-14-23)39-22-25(40-31-11-5-7-19-37-31)17-18-27-26(9-3-1-2-4-10-30(35)36)28(34)21-29(27)41-32-12-6-8-20-38-32/h2-3,13-18,25-27,29,31-32H,4-12,19-22H2,(H,35,36)/t1?,25?,26-,27-,29?,31?,32?/m1/s1. The second kappa shape index (κ2) is 16.6. The lowest BCUT2D eigenvalue weighted by molar-refractivity contribution is -0.192. The number of hydrogen-bond donors (Lipinski definition) is 1. The van der Waals surface area contributed by atoms with Crippen molar-refractivity contribution in [2.24, 2.45) is 11.8 Å². The van der Waals surface area contributed by atoms with E-state index in [0.717, 1.165) is 38.5 Å². The Hall–Kier alpha value is -2.81. The number of hydrogen-bond acceptors (Lipinski definition) is 7. The third kappa shape index (κ3) is 10.5. The van der Waals surface area contributed by atoms with Crippen molar-refractivity contribution in [3.8, 4) is 5.75 Å². The summed E-state index contributed by atoms with van der Waals surface area (Å²) in [5.41, 5.74) is 3.02. The molecule has 4 unspecified atom stereocenters. The van der Waals surface area contributed by atoms with Gasteiger partial charge in [-0.2, -0.15) is 0 Å². The number of rotatable bonds is 14. The van der Waals surface area contributed by atoms with E-state index in [-0.39, 0.29) is 55.1 Å². The van der Waals surface area contributed by atoms with Gasteiger partial charge >= 0.3 is 5.97 Å². The van der Waals surface area contributed by atoms with E-state index in [2.05, 4.69) is 5.73 Å². The van der Waals surface area contributed by atoms with Gasteiger partial charge in [0.05, 0.1) is 6.10 Å². The quantitative estimate of drug-likeness (QED) is 0.222. The molecular weight excluding hydrogens is 531 g/mol. The van der Waals surface area contributed by atoms with Crippen LogP contribution in [0.4, 0.5) is 4.39 Å². The first-order valence-corrected chi connectivity index (χ1v) is 14.7. The van der Waals surface area contributed by atoms with Gasteiger partial charge in [0, 0.05) is 37.9 Å². The summed E-state index contributed by atoms with van der Waals surface area (Å²) in [5.74, 6) is -1.08. The smallest absolute Gasteiger partial charge is 0.303 e. The summed E-state index contributed by atoms with van der Waals surface area (Å²) in [6.45, 7) is 1.48. The summed E-state index contributed by atoms with van der Waals surface area (Å²) < 4.78 is 43.5. The molecule has 2 saturated heterocycles. The Morgan fingerprint density at radius 1 is 1.07 bits per heavy atom. The summed E-state index contributed by atoms with van der Waals surface area (Å²) in [6.07, 6.45) is 12.7. The zero-order valence-corrected chi connectivity index (χ0v) is 23.5. The molecule has 0 spiro atoms. The maximum Gasteiger partial charge on any atom is 0.303 e. The third-order valence-electron chi connectivity index (χ3n) is 7.52. The lowest BCUT2D eigenvalue weighted by atomic mass is 9.90. The molecule has 2 heterocycles. The Morgan fingerprint density at radius 2 is 1.80 bits per heavy atom. The molecule has 1 aromatic rings. The molecule has 41 heavy (non-hydrogen) atoms. The fraction of sp³-hybridized carbons (Fsp3) is 0.594. The minimum Gasteiger partial charge on any atom is -0.491 e. The van der Waals surface area contributed by atoms with Crippen molar-refractivity contribution >= 4 is 11.8 Å². The number of ether oxygens (including phenoxy) is 5. The molecule has 1 aromatic carbocycles. The average molecular weight is 573 g/mol. The van der Waals surface area contributed by atoms with E-state index in [1.165, 1.54) is 12.1 Å². The Kier molecular flexibility index (Phi) is 12.6. The lowest BCUT2D eigenvalue weighted by Crippen LogP contribution is -2.32. The maximum absolute atomic E-state index is 13.4. The highest BCUT2D eigenvalue weighted by molar-refractivity contribution is 5.85. The molecule has 224 valence electrons. The molecular formula is C32H41FO8. The second-order valence-electron chi connectivity index (χ2n) is 10.7. The fourth-order valence-corrected chi connectivity index (χ4v) is 5.33. The number of ketones is 1. The Bertz CT molecular complexity index is 1050. The zero-order valence-electron chi connectivity index (χ0n) is 23.5. The summed E-state index contributed by atoms with van der Waals surface area (Å²) in [6, 6.07) is 5.84. The first-order chi connectivity index (χ1) is 20.0. The molecule has 0 amide bonds. The number of carboxylic acid groups (broad SMARTS) is 1. The first-order valence-electron chi connectivity index (χ1n) is 14.7. The van der Waals surface area contributed by atoms with Gasteiger partial charge in [-0.3, -0.25) is 9.59 Å². The predicted octanol–water partition coefficient (Wildman–Crippen LogP) is 5.76. The van der Waals surface area contributed by atoms with Gasteiger partial charge in [0.2, 0.25) is 0 Å². The normalized spacial score (nSPS) is 27.3. The molecule has 2 aliphatic heterocycles. The first kappa shape index (κ1) is 31.1. The van der Waals surface area contributed by atoms with Crippen LogP contribution in [0.3, 0.4) is 0 Å². The number of carbonyl (C=O) groups excluding carboxylic acids is 1. The summed E-state index contributed by atoms with van der Waals surface area (Å²) in [4.78, 5) is 23.9.